The van der Waals surface area contributed by atoms with E-state index in [1.54, 1.807) is 23.1 Å². The topological polar surface area (TPSA) is 72.9 Å². The number of rotatable bonds is 10. The maximum absolute atomic E-state index is 5.98. The highest BCUT2D eigenvalue weighted by Gasteiger charge is 2.23. The molecule has 0 aliphatic carbocycles. The van der Waals surface area contributed by atoms with Crippen molar-refractivity contribution in [3.63, 3.8) is 0 Å². The second-order valence-electron chi connectivity index (χ2n) is 8.16. The average molecular weight is 483 g/mol. The second kappa shape index (κ2) is 10.6. The van der Waals surface area contributed by atoms with Crippen LogP contribution in [0.25, 0.3) is 10.8 Å². The Morgan fingerprint density at radius 2 is 1.88 bits per heavy atom. The summed E-state index contributed by atoms with van der Waals surface area (Å²) in [5.41, 5.74) is 2.49. The molecule has 1 unspecified atom stereocenters. The van der Waals surface area contributed by atoms with Gasteiger partial charge in [0, 0.05) is 4.88 Å². The van der Waals surface area contributed by atoms with Gasteiger partial charge in [-0.2, -0.15) is 0 Å². The molecular weight excluding hydrogens is 452 g/mol. The number of hydrogen-bond acceptors (Lipinski definition) is 8. The normalized spacial score (nSPS) is 12.5. The Morgan fingerprint density at radius 1 is 1.09 bits per heavy atom. The van der Waals surface area contributed by atoms with Gasteiger partial charge in [-0.15, -0.1) is 31.7 Å². The molecule has 0 bridgehead atoms. The van der Waals surface area contributed by atoms with Gasteiger partial charge in [0.25, 0.3) is 5.89 Å². The van der Waals surface area contributed by atoms with Gasteiger partial charge in [0.1, 0.15) is 0 Å². The van der Waals surface area contributed by atoms with E-state index in [1.165, 1.54) is 16.0 Å². The number of aromatic nitrogens is 5. The summed E-state index contributed by atoms with van der Waals surface area (Å²) in [4.78, 5) is 4.57. The summed E-state index contributed by atoms with van der Waals surface area (Å²) in [6, 6.07) is 12.7. The van der Waals surface area contributed by atoms with Crippen LogP contribution in [-0.2, 0) is 18.7 Å². The predicted octanol–water partition coefficient (Wildman–Crippen LogP) is 5.61. The molecule has 4 aromatic rings. The molecule has 4 rings (SSSR count). The van der Waals surface area contributed by atoms with Crippen LogP contribution in [0.5, 0.6) is 0 Å². The highest BCUT2D eigenvalue weighted by Crippen LogP contribution is 2.32. The molecule has 1 aromatic carbocycles. The highest BCUT2D eigenvalue weighted by atomic mass is 32.2. The van der Waals surface area contributed by atoms with Crippen molar-refractivity contribution in [3.8, 4) is 10.8 Å². The zero-order chi connectivity index (χ0) is 23.4. The molecule has 0 amide bonds. The van der Waals surface area contributed by atoms with E-state index in [1.807, 2.05) is 6.07 Å². The lowest BCUT2D eigenvalue weighted by Crippen LogP contribution is -2.23. The van der Waals surface area contributed by atoms with Gasteiger partial charge in [-0.1, -0.05) is 55.9 Å². The van der Waals surface area contributed by atoms with E-state index in [-0.39, 0.29) is 6.04 Å². The first-order chi connectivity index (χ1) is 16.0. The van der Waals surface area contributed by atoms with E-state index in [4.69, 9.17) is 4.42 Å². The molecule has 1 atom stereocenters. The Kier molecular flexibility index (Phi) is 7.62. The van der Waals surface area contributed by atoms with Gasteiger partial charge in [-0.25, -0.2) is 0 Å². The van der Waals surface area contributed by atoms with Crippen molar-refractivity contribution in [2.45, 2.75) is 57.1 Å². The van der Waals surface area contributed by atoms with Gasteiger partial charge in [0.2, 0.25) is 5.89 Å². The van der Waals surface area contributed by atoms with Crippen molar-refractivity contribution in [1.82, 2.24) is 29.9 Å². The SMILES string of the molecule is CCc1sc(-c2nnc(CSc3nnc(C(CC)N(C)C)n3Cc3ccccc3)o2)cc1C. The minimum atomic E-state index is 0.195. The van der Waals surface area contributed by atoms with Gasteiger partial charge in [0.15, 0.2) is 11.0 Å². The number of hydrogen-bond donors (Lipinski definition) is 0. The zero-order valence-electron chi connectivity index (χ0n) is 19.8. The van der Waals surface area contributed by atoms with Gasteiger partial charge < -0.3 is 8.98 Å². The molecule has 0 saturated carbocycles. The summed E-state index contributed by atoms with van der Waals surface area (Å²) in [6.07, 6.45) is 1.97. The van der Waals surface area contributed by atoms with E-state index in [2.05, 4.69) is 95.1 Å². The fraction of sp³-hybridized carbons (Fsp3) is 0.417. The van der Waals surface area contributed by atoms with E-state index in [0.29, 0.717) is 17.5 Å². The molecule has 7 nitrogen and oxygen atoms in total. The Hall–Kier alpha value is -2.49. The van der Waals surface area contributed by atoms with Crippen molar-refractivity contribution >= 4 is 23.1 Å². The van der Waals surface area contributed by atoms with Gasteiger partial charge in [-0.3, -0.25) is 4.90 Å². The summed E-state index contributed by atoms with van der Waals surface area (Å²) < 4.78 is 8.19. The van der Waals surface area contributed by atoms with Crippen LogP contribution in [0.3, 0.4) is 0 Å². The van der Waals surface area contributed by atoms with E-state index < -0.39 is 0 Å². The summed E-state index contributed by atoms with van der Waals surface area (Å²) in [7, 11) is 4.16. The van der Waals surface area contributed by atoms with Crippen LogP contribution in [-0.4, -0.2) is 44.0 Å². The molecule has 3 heterocycles. The van der Waals surface area contributed by atoms with Crippen molar-refractivity contribution in [2.24, 2.45) is 0 Å². The van der Waals surface area contributed by atoms with E-state index in [9.17, 15) is 0 Å². The maximum Gasteiger partial charge on any atom is 0.257 e. The lowest BCUT2D eigenvalue weighted by Gasteiger charge is -2.23. The van der Waals surface area contributed by atoms with Crippen LogP contribution in [0, 0.1) is 6.92 Å². The summed E-state index contributed by atoms with van der Waals surface area (Å²) in [5.74, 6) is 2.70. The van der Waals surface area contributed by atoms with Crippen LogP contribution in [0.1, 0.15) is 54.0 Å². The Balaban J connectivity index is 1.55. The monoisotopic (exact) mass is 482 g/mol. The molecule has 174 valence electrons. The fourth-order valence-electron chi connectivity index (χ4n) is 3.86. The maximum atomic E-state index is 5.98. The third-order valence-corrected chi connectivity index (χ3v) is 7.90. The molecule has 0 spiro atoms. The second-order valence-corrected chi connectivity index (χ2v) is 10.2. The Morgan fingerprint density at radius 3 is 2.55 bits per heavy atom. The number of benzene rings is 1. The van der Waals surface area contributed by atoms with Crippen LogP contribution >= 0.6 is 23.1 Å². The smallest absolute Gasteiger partial charge is 0.257 e. The van der Waals surface area contributed by atoms with E-state index in [0.717, 1.165) is 35.2 Å². The first-order valence-corrected chi connectivity index (χ1v) is 13.0. The molecule has 0 radical (unpaired) electrons. The largest absolute Gasteiger partial charge is 0.419 e. The van der Waals surface area contributed by atoms with Gasteiger partial charge in [-0.05, 0) is 51.1 Å². The van der Waals surface area contributed by atoms with Crippen LogP contribution in [0.15, 0.2) is 46.0 Å². The standard InChI is InChI=1S/C24H30N6OS2/c1-6-18(29(4)5)22-26-28-24(30(22)14-17-11-9-8-10-12-17)32-15-21-25-27-23(31-21)20-13-16(3)19(7-2)33-20/h8-13,18H,6-7,14-15H2,1-5H3. The van der Waals surface area contributed by atoms with Crippen molar-refractivity contribution in [2.75, 3.05) is 14.1 Å². The van der Waals surface area contributed by atoms with E-state index >= 15 is 0 Å². The summed E-state index contributed by atoms with van der Waals surface area (Å²) >= 11 is 3.30. The molecule has 0 aliphatic rings. The number of nitrogens with zero attached hydrogens (tertiary/aromatic N) is 6. The van der Waals surface area contributed by atoms with Gasteiger partial charge in [0.05, 0.1) is 23.2 Å². The first-order valence-electron chi connectivity index (χ1n) is 11.2. The number of aryl methyl sites for hydroxylation is 2. The quantitative estimate of drug-likeness (QED) is 0.272. The Bertz CT molecular complexity index is 1180. The fourth-order valence-corrected chi connectivity index (χ4v) is 5.68. The zero-order valence-corrected chi connectivity index (χ0v) is 21.4. The molecular formula is C24H30N6OS2. The highest BCUT2D eigenvalue weighted by molar-refractivity contribution is 7.98. The number of thiophene rings is 1. The minimum absolute atomic E-state index is 0.195. The molecule has 0 aliphatic heterocycles. The summed E-state index contributed by atoms with van der Waals surface area (Å²) in [5, 5.41) is 18.5. The van der Waals surface area contributed by atoms with Gasteiger partial charge >= 0.3 is 0 Å². The predicted molar refractivity (Wildman–Crippen MR) is 134 cm³/mol. The first kappa shape index (κ1) is 23.7. The van der Waals surface area contributed by atoms with Crippen LogP contribution in [0.2, 0.25) is 0 Å². The number of thioether (sulfide) groups is 1. The van der Waals surface area contributed by atoms with Crippen molar-refractivity contribution < 1.29 is 4.42 Å². The molecule has 9 heteroatoms. The lowest BCUT2D eigenvalue weighted by atomic mass is 10.2. The molecule has 3 aromatic heterocycles. The minimum Gasteiger partial charge on any atom is -0.419 e. The lowest BCUT2D eigenvalue weighted by molar-refractivity contribution is 0.272. The third-order valence-electron chi connectivity index (χ3n) is 5.58. The molecule has 33 heavy (non-hydrogen) atoms. The molecule has 0 N–H and O–H groups in total. The summed E-state index contributed by atoms with van der Waals surface area (Å²) in [6.45, 7) is 7.19. The van der Waals surface area contributed by atoms with Crippen molar-refractivity contribution in [1.29, 1.82) is 0 Å². The Labute approximate surface area is 203 Å². The van der Waals surface area contributed by atoms with Crippen LogP contribution in [0.4, 0.5) is 0 Å². The van der Waals surface area contributed by atoms with Crippen LogP contribution < -0.4 is 0 Å². The molecule has 0 fully saturated rings. The average Bonchev–Trinajstić information content (AvgIpc) is 3.53. The third kappa shape index (κ3) is 5.37. The van der Waals surface area contributed by atoms with Crippen molar-refractivity contribution in [3.05, 3.63) is 64.1 Å². The molecule has 0 saturated heterocycles.